The summed E-state index contributed by atoms with van der Waals surface area (Å²) in [5.41, 5.74) is 0.371. The molecule has 2 aromatic carbocycles. The molecule has 0 fully saturated rings. The van der Waals surface area contributed by atoms with Crippen LogP contribution in [0.2, 0.25) is 0 Å². The third-order valence-electron chi connectivity index (χ3n) is 3.11. The minimum absolute atomic E-state index is 0.0773. The summed E-state index contributed by atoms with van der Waals surface area (Å²) in [4.78, 5) is 29.0. The number of hydrogen-bond donors (Lipinski definition) is 0. The first-order valence-electron chi connectivity index (χ1n) is 6.12. The van der Waals surface area contributed by atoms with Gasteiger partial charge in [0.1, 0.15) is 18.2 Å². The van der Waals surface area contributed by atoms with Gasteiger partial charge in [-0.15, -0.1) is 5.06 Å². The van der Waals surface area contributed by atoms with Crippen LogP contribution in [0.4, 0.5) is 8.78 Å². The number of nitrogens with zero attached hydrogens (tertiary/aromatic N) is 1. The van der Waals surface area contributed by atoms with Gasteiger partial charge in [0.25, 0.3) is 11.8 Å². The second-order valence-corrected chi connectivity index (χ2v) is 4.46. The first-order valence-corrected chi connectivity index (χ1v) is 6.12. The van der Waals surface area contributed by atoms with Crippen LogP contribution in [0.15, 0.2) is 42.5 Å². The van der Waals surface area contributed by atoms with E-state index in [4.69, 9.17) is 4.84 Å². The van der Waals surface area contributed by atoms with E-state index >= 15 is 0 Å². The number of amides is 2. The largest absolute Gasteiger partial charge is 0.285 e. The molecular formula is C15H9F2NO3. The van der Waals surface area contributed by atoms with Crippen molar-refractivity contribution in [2.75, 3.05) is 0 Å². The molecule has 0 aromatic heterocycles. The number of carbonyl (C=O) groups excluding carboxylic acids is 2. The van der Waals surface area contributed by atoms with E-state index in [0.29, 0.717) is 5.06 Å². The fraction of sp³-hybridized carbons (Fsp3) is 0.0667. The Morgan fingerprint density at radius 1 is 0.952 bits per heavy atom. The van der Waals surface area contributed by atoms with E-state index in [1.54, 1.807) is 12.1 Å². The molecule has 0 unspecified atom stereocenters. The zero-order valence-electron chi connectivity index (χ0n) is 10.7. The Morgan fingerprint density at radius 3 is 2.19 bits per heavy atom. The van der Waals surface area contributed by atoms with E-state index in [0.717, 1.165) is 18.2 Å². The number of benzene rings is 2. The summed E-state index contributed by atoms with van der Waals surface area (Å²) >= 11 is 0. The van der Waals surface area contributed by atoms with Crippen LogP contribution < -0.4 is 0 Å². The average molecular weight is 289 g/mol. The Balaban J connectivity index is 1.80. The molecule has 0 radical (unpaired) electrons. The Hall–Kier alpha value is -2.60. The maximum Gasteiger partial charge on any atom is 0.285 e. The summed E-state index contributed by atoms with van der Waals surface area (Å²) in [7, 11) is 0. The second kappa shape index (κ2) is 5.06. The van der Waals surface area contributed by atoms with Gasteiger partial charge < -0.3 is 0 Å². The molecular weight excluding hydrogens is 280 g/mol. The number of hydrogen-bond acceptors (Lipinski definition) is 3. The lowest BCUT2D eigenvalue weighted by Crippen LogP contribution is -2.29. The van der Waals surface area contributed by atoms with Crippen molar-refractivity contribution in [2.24, 2.45) is 0 Å². The number of fused-ring (bicyclic) bond motifs is 1. The van der Waals surface area contributed by atoms with Gasteiger partial charge in [-0.25, -0.2) is 8.78 Å². The third kappa shape index (κ3) is 2.30. The van der Waals surface area contributed by atoms with Crippen molar-refractivity contribution in [3.8, 4) is 0 Å². The molecule has 0 atom stereocenters. The summed E-state index contributed by atoms with van der Waals surface area (Å²) in [6, 6.07) is 9.13. The molecule has 4 nitrogen and oxygen atoms in total. The van der Waals surface area contributed by atoms with Crippen LogP contribution in [0.5, 0.6) is 0 Å². The van der Waals surface area contributed by atoms with Gasteiger partial charge in [-0.05, 0) is 30.3 Å². The molecule has 1 aliphatic rings. The van der Waals surface area contributed by atoms with Gasteiger partial charge in [-0.3, -0.25) is 14.4 Å². The van der Waals surface area contributed by atoms with Crippen molar-refractivity contribution in [1.82, 2.24) is 5.06 Å². The summed E-state index contributed by atoms with van der Waals surface area (Å²) in [5, 5.41) is 0.564. The van der Waals surface area contributed by atoms with Crippen molar-refractivity contribution in [2.45, 2.75) is 6.61 Å². The van der Waals surface area contributed by atoms with E-state index in [1.165, 1.54) is 12.1 Å². The molecule has 0 N–H and O–H groups in total. The van der Waals surface area contributed by atoms with Crippen LogP contribution in [-0.4, -0.2) is 16.9 Å². The van der Waals surface area contributed by atoms with Gasteiger partial charge in [-0.1, -0.05) is 12.1 Å². The first-order chi connectivity index (χ1) is 10.1. The Morgan fingerprint density at radius 2 is 1.57 bits per heavy atom. The monoisotopic (exact) mass is 289 g/mol. The van der Waals surface area contributed by atoms with E-state index < -0.39 is 30.1 Å². The van der Waals surface area contributed by atoms with E-state index in [9.17, 15) is 18.4 Å². The normalized spacial score (nSPS) is 13.7. The smallest absolute Gasteiger partial charge is 0.266 e. The highest BCUT2D eigenvalue weighted by Gasteiger charge is 2.36. The molecule has 0 saturated carbocycles. The van der Waals surface area contributed by atoms with Gasteiger partial charge in [0.05, 0.1) is 11.1 Å². The van der Waals surface area contributed by atoms with Crippen molar-refractivity contribution in [1.29, 1.82) is 0 Å². The van der Waals surface area contributed by atoms with E-state index in [2.05, 4.69) is 0 Å². The standard InChI is InChI=1S/C15H9F2NO3/c16-10-5-6-13(17)9(7-10)8-21-18-14(19)11-3-1-2-4-12(11)15(18)20/h1-7H,8H2. The second-order valence-electron chi connectivity index (χ2n) is 4.46. The molecule has 21 heavy (non-hydrogen) atoms. The van der Waals surface area contributed by atoms with E-state index in [1.807, 2.05) is 0 Å². The molecule has 0 saturated heterocycles. The highest BCUT2D eigenvalue weighted by atomic mass is 19.1. The molecule has 106 valence electrons. The molecule has 3 rings (SSSR count). The Bertz CT molecular complexity index is 710. The van der Waals surface area contributed by atoms with Gasteiger partial charge in [-0.2, -0.15) is 0 Å². The van der Waals surface area contributed by atoms with Gasteiger partial charge >= 0.3 is 0 Å². The fourth-order valence-corrected chi connectivity index (χ4v) is 2.07. The van der Waals surface area contributed by atoms with Gasteiger partial charge in [0.2, 0.25) is 0 Å². The lowest BCUT2D eigenvalue weighted by Gasteiger charge is -2.13. The molecule has 2 aromatic rings. The minimum atomic E-state index is -0.673. The number of halogens is 2. The molecule has 0 bridgehead atoms. The van der Waals surface area contributed by atoms with Crippen LogP contribution in [0, 0.1) is 11.6 Å². The molecule has 1 aliphatic heterocycles. The lowest BCUT2D eigenvalue weighted by atomic mass is 10.1. The van der Waals surface area contributed by atoms with Crippen LogP contribution in [0.25, 0.3) is 0 Å². The van der Waals surface area contributed by atoms with Crippen molar-refractivity contribution >= 4 is 11.8 Å². The third-order valence-corrected chi connectivity index (χ3v) is 3.11. The molecule has 1 heterocycles. The number of rotatable bonds is 3. The van der Waals surface area contributed by atoms with Crippen LogP contribution in [-0.2, 0) is 11.4 Å². The molecule has 0 spiro atoms. The van der Waals surface area contributed by atoms with Crippen molar-refractivity contribution < 1.29 is 23.2 Å². The number of imide groups is 1. The maximum absolute atomic E-state index is 13.5. The van der Waals surface area contributed by atoms with E-state index in [-0.39, 0.29) is 16.7 Å². The lowest BCUT2D eigenvalue weighted by molar-refractivity contribution is -0.101. The van der Waals surface area contributed by atoms with Crippen LogP contribution in [0.3, 0.4) is 0 Å². The fourth-order valence-electron chi connectivity index (χ4n) is 2.07. The number of carbonyl (C=O) groups is 2. The highest BCUT2D eigenvalue weighted by molar-refractivity contribution is 6.20. The van der Waals surface area contributed by atoms with Gasteiger partial charge in [0, 0.05) is 5.56 Å². The first kappa shape index (κ1) is 13.4. The van der Waals surface area contributed by atoms with Crippen molar-refractivity contribution in [3.05, 3.63) is 70.8 Å². The Labute approximate surface area is 118 Å². The quantitative estimate of drug-likeness (QED) is 0.816. The maximum atomic E-state index is 13.5. The summed E-state index contributed by atoms with van der Waals surface area (Å²) in [5.74, 6) is -2.54. The molecule has 2 amide bonds. The predicted octanol–water partition coefficient (Wildman–Crippen LogP) is 2.69. The summed E-state index contributed by atoms with van der Waals surface area (Å²) in [6.45, 7) is -0.422. The Kier molecular flexibility index (Phi) is 3.23. The average Bonchev–Trinajstić information content (AvgIpc) is 2.73. The van der Waals surface area contributed by atoms with Crippen molar-refractivity contribution in [3.63, 3.8) is 0 Å². The van der Waals surface area contributed by atoms with Crippen LogP contribution in [0.1, 0.15) is 26.3 Å². The zero-order chi connectivity index (χ0) is 15.0. The predicted molar refractivity (Wildman–Crippen MR) is 68.1 cm³/mol. The topological polar surface area (TPSA) is 46.6 Å². The number of hydroxylamine groups is 2. The van der Waals surface area contributed by atoms with Crippen LogP contribution >= 0.6 is 0 Å². The summed E-state index contributed by atoms with van der Waals surface area (Å²) < 4.78 is 26.5. The highest BCUT2D eigenvalue weighted by Crippen LogP contribution is 2.23. The molecule has 6 heteroatoms. The SMILES string of the molecule is O=C1c2ccccc2C(=O)N1OCc1cc(F)ccc1F. The zero-order valence-corrected chi connectivity index (χ0v) is 10.7. The summed E-state index contributed by atoms with van der Waals surface area (Å²) in [6.07, 6.45) is 0. The molecule has 0 aliphatic carbocycles. The van der Waals surface area contributed by atoms with Gasteiger partial charge in [0.15, 0.2) is 0 Å². The minimum Gasteiger partial charge on any atom is -0.266 e.